The summed E-state index contributed by atoms with van der Waals surface area (Å²) in [4.78, 5) is 4.27. The van der Waals surface area contributed by atoms with Gasteiger partial charge in [-0.15, -0.1) is 0 Å². The number of benzene rings is 1. The Balaban J connectivity index is 2.36. The maximum atomic E-state index is 5.94. The Hall–Kier alpha value is -1.36. The molecule has 2 aromatic rings. The second-order valence-electron chi connectivity index (χ2n) is 3.62. The highest BCUT2D eigenvalue weighted by Crippen LogP contribution is 2.22. The largest absolute Gasteiger partial charge is 0.340 e. The first-order chi connectivity index (χ1) is 7.70. The lowest BCUT2D eigenvalue weighted by atomic mass is 10.1. The van der Waals surface area contributed by atoms with Gasteiger partial charge in [-0.25, -0.2) is 10.4 Å². The number of rotatable bonds is 3. The summed E-state index contributed by atoms with van der Waals surface area (Å²) in [6.07, 6.45) is 3.66. The molecule has 2 rings (SSSR count). The number of halogens is 1. The SMILES string of the molecule is Cn1cnc(C(NN)c2cccc(Cl)c2)c1. The van der Waals surface area contributed by atoms with E-state index in [1.165, 1.54) is 0 Å². The van der Waals surface area contributed by atoms with E-state index in [0.29, 0.717) is 5.02 Å². The van der Waals surface area contributed by atoms with E-state index < -0.39 is 0 Å². The number of hydrogen-bond donors (Lipinski definition) is 2. The van der Waals surface area contributed by atoms with Crippen LogP contribution in [0.1, 0.15) is 17.3 Å². The fourth-order valence-corrected chi connectivity index (χ4v) is 1.82. The molecule has 1 aromatic heterocycles. The molecule has 1 heterocycles. The normalized spacial score (nSPS) is 12.7. The van der Waals surface area contributed by atoms with Crippen LogP contribution in [0.5, 0.6) is 0 Å². The first-order valence-corrected chi connectivity index (χ1v) is 5.28. The van der Waals surface area contributed by atoms with Crippen LogP contribution in [0, 0.1) is 0 Å². The molecular formula is C11H13ClN4. The van der Waals surface area contributed by atoms with E-state index in [0.717, 1.165) is 11.3 Å². The zero-order valence-electron chi connectivity index (χ0n) is 8.89. The van der Waals surface area contributed by atoms with E-state index in [9.17, 15) is 0 Å². The highest BCUT2D eigenvalue weighted by Gasteiger charge is 2.14. The zero-order chi connectivity index (χ0) is 11.5. The highest BCUT2D eigenvalue weighted by atomic mass is 35.5. The van der Waals surface area contributed by atoms with Crippen LogP contribution in [0.2, 0.25) is 5.02 Å². The molecule has 1 unspecified atom stereocenters. The molecule has 0 radical (unpaired) electrons. The minimum Gasteiger partial charge on any atom is -0.340 e. The Morgan fingerprint density at radius 2 is 2.31 bits per heavy atom. The highest BCUT2D eigenvalue weighted by molar-refractivity contribution is 6.30. The van der Waals surface area contributed by atoms with Gasteiger partial charge in [0.2, 0.25) is 0 Å². The predicted molar refractivity (Wildman–Crippen MR) is 63.8 cm³/mol. The average molecular weight is 237 g/mol. The molecule has 1 atom stereocenters. The Morgan fingerprint density at radius 1 is 1.50 bits per heavy atom. The van der Waals surface area contributed by atoms with Crippen molar-refractivity contribution >= 4 is 11.6 Å². The third-order valence-electron chi connectivity index (χ3n) is 2.37. The van der Waals surface area contributed by atoms with Crippen molar-refractivity contribution in [1.29, 1.82) is 0 Å². The van der Waals surface area contributed by atoms with Gasteiger partial charge in [-0.2, -0.15) is 0 Å². The standard InChI is InChI=1S/C11H13ClN4/c1-16-6-10(14-7-16)11(15-13)8-3-2-4-9(12)5-8/h2-7,11,15H,13H2,1H3. The molecule has 4 nitrogen and oxygen atoms in total. The first-order valence-electron chi connectivity index (χ1n) is 4.90. The number of nitrogens with two attached hydrogens (primary N) is 1. The molecule has 0 fully saturated rings. The molecule has 16 heavy (non-hydrogen) atoms. The average Bonchev–Trinajstić information content (AvgIpc) is 2.66. The maximum absolute atomic E-state index is 5.94. The molecule has 5 heteroatoms. The van der Waals surface area contributed by atoms with Crippen LogP contribution in [-0.2, 0) is 7.05 Å². The van der Waals surface area contributed by atoms with E-state index in [1.807, 2.05) is 42.1 Å². The summed E-state index contributed by atoms with van der Waals surface area (Å²) in [6.45, 7) is 0. The summed E-state index contributed by atoms with van der Waals surface area (Å²) in [6, 6.07) is 7.42. The molecule has 0 aliphatic rings. The number of hydrazine groups is 1. The molecule has 0 amide bonds. The number of nitrogens with one attached hydrogen (secondary N) is 1. The number of aryl methyl sites for hydroxylation is 1. The van der Waals surface area contributed by atoms with Gasteiger partial charge < -0.3 is 4.57 Å². The summed E-state index contributed by atoms with van der Waals surface area (Å²) in [5.74, 6) is 5.55. The van der Waals surface area contributed by atoms with Crippen molar-refractivity contribution in [2.24, 2.45) is 12.9 Å². The zero-order valence-corrected chi connectivity index (χ0v) is 9.65. The van der Waals surface area contributed by atoms with Crippen LogP contribution in [0.4, 0.5) is 0 Å². The fourth-order valence-electron chi connectivity index (χ4n) is 1.62. The Morgan fingerprint density at radius 3 is 2.88 bits per heavy atom. The number of imidazole rings is 1. The van der Waals surface area contributed by atoms with Crippen molar-refractivity contribution in [3.63, 3.8) is 0 Å². The predicted octanol–water partition coefficient (Wildman–Crippen LogP) is 1.63. The molecule has 0 aliphatic heterocycles. The van der Waals surface area contributed by atoms with Crippen molar-refractivity contribution in [2.75, 3.05) is 0 Å². The Kier molecular flexibility index (Phi) is 3.24. The van der Waals surface area contributed by atoms with Crippen LogP contribution < -0.4 is 11.3 Å². The minimum absolute atomic E-state index is 0.139. The summed E-state index contributed by atoms with van der Waals surface area (Å²) in [7, 11) is 1.92. The topological polar surface area (TPSA) is 55.9 Å². The lowest BCUT2D eigenvalue weighted by Crippen LogP contribution is -2.29. The smallest absolute Gasteiger partial charge is 0.0947 e. The molecule has 84 valence electrons. The second kappa shape index (κ2) is 4.65. The van der Waals surface area contributed by atoms with Gasteiger partial charge in [-0.05, 0) is 17.7 Å². The quantitative estimate of drug-likeness (QED) is 0.629. The van der Waals surface area contributed by atoms with Gasteiger partial charge in [0.05, 0.1) is 18.1 Å². The first kappa shape index (κ1) is 11.1. The molecular weight excluding hydrogens is 224 g/mol. The fraction of sp³-hybridized carbons (Fsp3) is 0.182. The van der Waals surface area contributed by atoms with Crippen molar-refractivity contribution < 1.29 is 0 Å². The number of hydrogen-bond acceptors (Lipinski definition) is 3. The molecule has 0 saturated carbocycles. The lowest BCUT2D eigenvalue weighted by molar-refractivity contribution is 0.623. The third kappa shape index (κ3) is 2.24. The van der Waals surface area contributed by atoms with Gasteiger partial charge in [0.15, 0.2) is 0 Å². The molecule has 3 N–H and O–H groups in total. The molecule has 0 aliphatic carbocycles. The third-order valence-corrected chi connectivity index (χ3v) is 2.60. The Labute approximate surface area is 99.0 Å². The van der Waals surface area contributed by atoms with E-state index in [2.05, 4.69) is 10.4 Å². The van der Waals surface area contributed by atoms with E-state index in [4.69, 9.17) is 17.4 Å². The molecule has 1 aromatic carbocycles. The van der Waals surface area contributed by atoms with Gasteiger partial charge in [-0.3, -0.25) is 5.84 Å². The van der Waals surface area contributed by atoms with Gasteiger partial charge in [0.25, 0.3) is 0 Å². The van der Waals surface area contributed by atoms with E-state index in [1.54, 1.807) is 6.33 Å². The maximum Gasteiger partial charge on any atom is 0.0947 e. The second-order valence-corrected chi connectivity index (χ2v) is 4.06. The van der Waals surface area contributed by atoms with Crippen molar-refractivity contribution in [3.05, 3.63) is 53.1 Å². The summed E-state index contributed by atoms with van der Waals surface area (Å²) < 4.78 is 1.88. The number of aromatic nitrogens is 2. The van der Waals surface area contributed by atoms with Gasteiger partial charge in [-0.1, -0.05) is 23.7 Å². The molecule has 0 spiro atoms. The molecule has 0 bridgehead atoms. The van der Waals surface area contributed by atoms with Crippen molar-refractivity contribution in [2.45, 2.75) is 6.04 Å². The van der Waals surface area contributed by atoms with Crippen LogP contribution in [0.3, 0.4) is 0 Å². The van der Waals surface area contributed by atoms with Gasteiger partial charge >= 0.3 is 0 Å². The number of nitrogens with zero attached hydrogens (tertiary/aromatic N) is 2. The lowest BCUT2D eigenvalue weighted by Gasteiger charge is -2.13. The van der Waals surface area contributed by atoms with Crippen LogP contribution in [-0.4, -0.2) is 9.55 Å². The van der Waals surface area contributed by atoms with E-state index >= 15 is 0 Å². The summed E-state index contributed by atoms with van der Waals surface area (Å²) in [5.41, 5.74) is 4.60. The van der Waals surface area contributed by atoms with Gasteiger partial charge in [0, 0.05) is 18.3 Å². The molecule has 0 saturated heterocycles. The summed E-state index contributed by atoms with van der Waals surface area (Å²) >= 11 is 5.94. The van der Waals surface area contributed by atoms with Gasteiger partial charge in [0.1, 0.15) is 0 Å². The minimum atomic E-state index is -0.139. The van der Waals surface area contributed by atoms with Crippen molar-refractivity contribution in [3.8, 4) is 0 Å². The monoisotopic (exact) mass is 236 g/mol. The Bertz CT molecular complexity index is 480. The van der Waals surface area contributed by atoms with Crippen LogP contribution in [0.25, 0.3) is 0 Å². The van der Waals surface area contributed by atoms with Crippen molar-refractivity contribution in [1.82, 2.24) is 15.0 Å². The van der Waals surface area contributed by atoms with Crippen LogP contribution >= 0.6 is 11.6 Å². The van der Waals surface area contributed by atoms with E-state index in [-0.39, 0.29) is 6.04 Å². The summed E-state index contributed by atoms with van der Waals surface area (Å²) in [5, 5.41) is 0.689. The van der Waals surface area contributed by atoms with Crippen LogP contribution in [0.15, 0.2) is 36.8 Å².